The predicted octanol–water partition coefficient (Wildman–Crippen LogP) is 36.2. The molecule has 0 heterocycles. The van der Waals surface area contributed by atoms with Crippen LogP contribution in [-0.2, 0) is 10.8 Å². The fraction of sp³-hybridized carbons (Fsp3) is 0.0462. The number of rotatable bonds is 16. The number of hydrogen-bond acceptors (Lipinski definition) is 2. The molecule has 624 valence electrons. The van der Waals surface area contributed by atoms with Crippen LogP contribution in [0.4, 0.5) is 34.1 Å². The molecular formula is C130H94N2. The smallest absolute Gasteiger partial charge is 0.0465 e. The van der Waals surface area contributed by atoms with Crippen molar-refractivity contribution >= 4 is 77.2 Å². The van der Waals surface area contributed by atoms with Crippen LogP contribution in [0, 0.1) is 0 Å². The first kappa shape index (κ1) is 80.1. The van der Waals surface area contributed by atoms with E-state index in [1.54, 1.807) is 0 Å². The van der Waals surface area contributed by atoms with Crippen LogP contribution in [0.2, 0.25) is 0 Å². The first-order valence-electron chi connectivity index (χ1n) is 46.0. The Kier molecular flexibility index (Phi) is 20.4. The summed E-state index contributed by atoms with van der Waals surface area (Å²) in [5.41, 5.74) is 41.3. The van der Waals surface area contributed by atoms with Gasteiger partial charge in [0.2, 0.25) is 0 Å². The Bertz CT molecular complexity index is 8070. The van der Waals surface area contributed by atoms with E-state index in [0.717, 1.165) is 34.1 Å². The largest absolute Gasteiger partial charge is 0.310 e. The van der Waals surface area contributed by atoms with Crippen LogP contribution in [0.15, 0.2) is 497 Å². The average Bonchev–Trinajstić information content (AvgIpc) is 1.56. The van der Waals surface area contributed by atoms with Crippen molar-refractivity contribution in [1.29, 1.82) is 0 Å². The molecule has 0 saturated heterocycles. The van der Waals surface area contributed by atoms with E-state index in [-0.39, 0.29) is 10.8 Å². The van der Waals surface area contributed by atoms with Crippen LogP contribution in [0.1, 0.15) is 49.9 Å². The Balaban J connectivity index is 0.000000150. The number of anilines is 6. The first-order chi connectivity index (χ1) is 64.9. The summed E-state index contributed by atoms with van der Waals surface area (Å²) in [6, 6.07) is 183. The molecule has 22 aromatic carbocycles. The third kappa shape index (κ3) is 14.9. The van der Waals surface area contributed by atoms with Crippen LogP contribution in [0.5, 0.6) is 0 Å². The summed E-state index contributed by atoms with van der Waals surface area (Å²) in [4.78, 5) is 4.82. The fourth-order valence-electron chi connectivity index (χ4n) is 20.6. The molecule has 0 aromatic heterocycles. The summed E-state index contributed by atoms with van der Waals surface area (Å²) in [7, 11) is 0. The van der Waals surface area contributed by atoms with Crippen molar-refractivity contribution in [1.82, 2.24) is 0 Å². The van der Waals surface area contributed by atoms with Gasteiger partial charge in [0.05, 0.1) is 0 Å². The molecule has 0 radical (unpaired) electrons. The molecule has 2 aliphatic carbocycles. The van der Waals surface area contributed by atoms with Crippen molar-refractivity contribution in [3.05, 3.63) is 520 Å². The molecule has 0 bridgehead atoms. The summed E-state index contributed by atoms with van der Waals surface area (Å²) < 4.78 is 0. The Morgan fingerprint density at radius 3 is 0.811 bits per heavy atom. The molecule has 132 heavy (non-hydrogen) atoms. The van der Waals surface area contributed by atoms with Gasteiger partial charge >= 0.3 is 0 Å². The van der Waals surface area contributed by atoms with E-state index in [1.807, 2.05) is 0 Å². The highest BCUT2D eigenvalue weighted by Gasteiger charge is 2.39. The maximum Gasteiger partial charge on any atom is 0.0465 e. The van der Waals surface area contributed by atoms with E-state index >= 15 is 0 Å². The van der Waals surface area contributed by atoms with Gasteiger partial charge in [-0.1, -0.05) is 428 Å². The van der Waals surface area contributed by atoms with Crippen molar-refractivity contribution in [2.45, 2.75) is 38.5 Å². The molecule has 24 rings (SSSR count). The van der Waals surface area contributed by atoms with Crippen molar-refractivity contribution in [3.8, 4) is 134 Å². The molecule has 0 amide bonds. The van der Waals surface area contributed by atoms with E-state index in [0.29, 0.717) is 0 Å². The third-order valence-corrected chi connectivity index (χ3v) is 27.8. The molecule has 0 saturated carbocycles. The van der Waals surface area contributed by atoms with Gasteiger partial charge in [0.15, 0.2) is 0 Å². The average molecular weight is 1680 g/mol. The second-order valence-electron chi connectivity index (χ2n) is 36.3. The van der Waals surface area contributed by atoms with Gasteiger partial charge in [-0.05, 0) is 296 Å². The summed E-state index contributed by atoms with van der Waals surface area (Å²) in [5.74, 6) is 0. The molecule has 2 nitrogen and oxygen atoms in total. The van der Waals surface area contributed by atoms with E-state index in [9.17, 15) is 0 Å². The highest BCUT2D eigenvalue weighted by Crippen LogP contribution is 2.55. The van der Waals surface area contributed by atoms with Crippen molar-refractivity contribution in [2.75, 3.05) is 9.80 Å². The lowest BCUT2D eigenvalue weighted by Crippen LogP contribution is -2.16. The van der Waals surface area contributed by atoms with E-state index in [4.69, 9.17) is 0 Å². The molecule has 2 aliphatic rings. The summed E-state index contributed by atoms with van der Waals surface area (Å²) in [6.45, 7) is 9.55. The van der Waals surface area contributed by atoms with Gasteiger partial charge in [-0.15, -0.1) is 0 Å². The van der Waals surface area contributed by atoms with Crippen LogP contribution in [0.25, 0.3) is 177 Å². The zero-order valence-electron chi connectivity index (χ0n) is 74.2. The fourth-order valence-corrected chi connectivity index (χ4v) is 20.6. The molecule has 22 aromatic rings. The minimum atomic E-state index is -0.216. The van der Waals surface area contributed by atoms with Gasteiger partial charge in [-0.25, -0.2) is 0 Å². The molecular weight excluding hydrogens is 1590 g/mol. The standard InChI is InChI=1S/2C65H47N/c1-65(2)63-42-53(62-41-52-17-9-10-18-57(52)58-19-11-12-20-59(58)62)33-39-60(63)61-40-38-56(43-64(61)65)66(54-34-29-50(30-35-54)45-15-7-4-8-16-45)55-36-31-51(32-37-55)49-27-25-48(26-28-49)47-23-21-46(22-24-47)44-13-5-3-6-14-44;1-65(2)63-42-55(54-28-25-45-13-6-7-15-53(45)41-54)33-39-61(63)62-40-38-58(43-64(62)65)66(56-34-29-49(30-35-56)47-21-19-46(20-22-47)44-11-4-3-5-12-44)57-36-31-50(32-37-57)48-23-26-52(27-24-48)60-18-10-16-51-14-8-9-17-59(51)60/h2*3-43H,1-2H3. The Hall–Kier alpha value is -16.5. The maximum absolute atomic E-state index is 2.46. The van der Waals surface area contributed by atoms with Crippen LogP contribution in [0.3, 0.4) is 0 Å². The molecule has 2 heteroatoms. The van der Waals surface area contributed by atoms with Gasteiger partial charge in [0.25, 0.3) is 0 Å². The number of benzene rings is 22. The lowest BCUT2D eigenvalue weighted by atomic mass is 9.81. The molecule has 0 unspecified atom stereocenters. The molecule has 0 spiro atoms. The zero-order valence-corrected chi connectivity index (χ0v) is 74.2. The second-order valence-corrected chi connectivity index (χ2v) is 36.3. The minimum Gasteiger partial charge on any atom is -0.310 e. The molecule has 0 fully saturated rings. The molecule has 0 N–H and O–H groups in total. The normalized spacial score (nSPS) is 12.5. The van der Waals surface area contributed by atoms with Crippen LogP contribution < -0.4 is 9.80 Å². The monoisotopic (exact) mass is 1680 g/mol. The van der Waals surface area contributed by atoms with Crippen molar-refractivity contribution in [3.63, 3.8) is 0 Å². The van der Waals surface area contributed by atoms with Gasteiger partial charge in [0, 0.05) is 45.0 Å². The summed E-state index contributed by atoms with van der Waals surface area (Å²) in [6.07, 6.45) is 0. The van der Waals surface area contributed by atoms with Crippen molar-refractivity contribution < 1.29 is 0 Å². The Morgan fingerprint density at radius 1 is 0.129 bits per heavy atom. The Labute approximate surface area is 773 Å². The zero-order chi connectivity index (χ0) is 88.4. The van der Waals surface area contributed by atoms with Gasteiger partial charge in [-0.3, -0.25) is 0 Å². The predicted molar refractivity (Wildman–Crippen MR) is 562 cm³/mol. The Morgan fingerprint density at radius 2 is 0.394 bits per heavy atom. The minimum absolute atomic E-state index is 0.197. The number of fused-ring (bicyclic) bond motifs is 11. The van der Waals surface area contributed by atoms with Gasteiger partial charge in [0.1, 0.15) is 0 Å². The quantitative estimate of drug-likeness (QED) is 0.0890. The maximum atomic E-state index is 2.46. The summed E-state index contributed by atoms with van der Waals surface area (Å²) >= 11 is 0. The van der Waals surface area contributed by atoms with Crippen molar-refractivity contribution in [2.24, 2.45) is 0 Å². The number of nitrogens with zero attached hydrogens (tertiary/aromatic N) is 2. The molecule has 0 atom stereocenters. The second kappa shape index (κ2) is 33.6. The highest BCUT2D eigenvalue weighted by atomic mass is 15.1. The van der Waals surface area contributed by atoms with Crippen LogP contribution >= 0.6 is 0 Å². The van der Waals surface area contributed by atoms with Crippen LogP contribution in [-0.4, -0.2) is 0 Å². The van der Waals surface area contributed by atoms with Gasteiger partial charge in [-0.2, -0.15) is 0 Å². The third-order valence-electron chi connectivity index (χ3n) is 27.8. The lowest BCUT2D eigenvalue weighted by molar-refractivity contribution is 0.660. The van der Waals surface area contributed by atoms with E-state index in [2.05, 4.69) is 535 Å². The SMILES string of the molecule is CC1(C)c2cc(-c3cc4ccccc4c4ccccc34)ccc2-c2ccc(N(c3ccc(-c4ccccc4)cc3)c3ccc(-c4ccc(-c5ccc(-c6ccccc6)cc5)cc4)cc3)cc21.CC1(C)c2cc(-c3ccc4ccccc4c3)ccc2-c2ccc(N(c3ccc(-c4ccc(-c5ccccc5)cc4)cc3)c3ccc(-c4ccc(-c5cccc6ccccc56)cc4)cc3)cc21. The summed E-state index contributed by atoms with van der Waals surface area (Å²) in [5, 5.41) is 10.2. The van der Waals surface area contributed by atoms with E-state index in [1.165, 1.54) is 199 Å². The highest BCUT2D eigenvalue weighted by molar-refractivity contribution is 6.14. The molecule has 0 aliphatic heterocycles. The first-order valence-corrected chi connectivity index (χ1v) is 46.0. The van der Waals surface area contributed by atoms with E-state index < -0.39 is 0 Å². The van der Waals surface area contributed by atoms with Gasteiger partial charge < -0.3 is 9.80 Å². The topological polar surface area (TPSA) is 6.48 Å². The number of hydrogen-bond donors (Lipinski definition) is 0. The lowest BCUT2D eigenvalue weighted by Gasteiger charge is -2.28.